The van der Waals surface area contributed by atoms with Gasteiger partial charge in [-0.05, 0) is 37.1 Å². The number of nitrogens with zero attached hydrogens (tertiary/aromatic N) is 1. The predicted molar refractivity (Wildman–Crippen MR) is 63.7 cm³/mol. The molecule has 82 valence electrons. The number of benzene rings is 1. The van der Waals surface area contributed by atoms with Crippen molar-refractivity contribution in [2.24, 2.45) is 4.99 Å². The van der Waals surface area contributed by atoms with Crippen molar-refractivity contribution < 1.29 is 4.39 Å². The molecule has 1 unspecified atom stereocenters. The molecule has 0 radical (unpaired) electrons. The van der Waals surface area contributed by atoms with Crippen LogP contribution in [0.4, 0.5) is 10.1 Å². The van der Waals surface area contributed by atoms with Gasteiger partial charge in [0.05, 0.1) is 5.69 Å². The van der Waals surface area contributed by atoms with Crippen LogP contribution >= 0.6 is 0 Å². The third-order valence-electron chi connectivity index (χ3n) is 2.91. The lowest BCUT2D eigenvalue weighted by molar-refractivity contribution is 0.609. The summed E-state index contributed by atoms with van der Waals surface area (Å²) >= 11 is 0. The van der Waals surface area contributed by atoms with Crippen LogP contribution in [0.25, 0.3) is 0 Å². The van der Waals surface area contributed by atoms with Crippen molar-refractivity contribution in [3.63, 3.8) is 0 Å². The molecule has 0 bridgehead atoms. The number of rotatable bonds is 4. The van der Waals surface area contributed by atoms with Crippen molar-refractivity contribution in [3.8, 4) is 0 Å². The fourth-order valence-electron chi connectivity index (χ4n) is 1.77. The van der Waals surface area contributed by atoms with Gasteiger partial charge in [-0.25, -0.2) is 4.39 Å². The lowest BCUT2D eigenvalue weighted by Crippen LogP contribution is -1.97. The molecular weight excluding hydrogens is 189 g/mol. The molecule has 0 N–H and O–H groups in total. The molecule has 0 aromatic heterocycles. The maximum atomic E-state index is 13.5. The van der Waals surface area contributed by atoms with Crippen molar-refractivity contribution in [3.05, 3.63) is 29.1 Å². The highest BCUT2D eigenvalue weighted by Gasteiger charge is 2.14. The molecule has 1 nitrogen and oxygen atoms in total. The van der Waals surface area contributed by atoms with Gasteiger partial charge in [-0.15, -0.1) is 0 Å². The van der Waals surface area contributed by atoms with Crippen LogP contribution < -0.4 is 0 Å². The average Bonchev–Trinajstić information content (AvgIpc) is 2.27. The first-order valence-electron chi connectivity index (χ1n) is 5.43. The molecule has 1 rings (SSSR count). The third-order valence-corrected chi connectivity index (χ3v) is 2.91. The van der Waals surface area contributed by atoms with Crippen LogP contribution in [0.2, 0.25) is 0 Å². The van der Waals surface area contributed by atoms with E-state index in [1.165, 1.54) is 6.07 Å². The summed E-state index contributed by atoms with van der Waals surface area (Å²) in [5.41, 5.74) is 2.53. The van der Waals surface area contributed by atoms with Gasteiger partial charge < -0.3 is 0 Å². The molecule has 0 heterocycles. The first-order chi connectivity index (χ1) is 7.15. The molecule has 1 aromatic carbocycles. The highest BCUT2D eigenvalue weighted by atomic mass is 19.1. The third kappa shape index (κ3) is 2.25. The maximum absolute atomic E-state index is 13.5. The Kier molecular flexibility index (Phi) is 4.01. The Morgan fingerprint density at radius 3 is 2.53 bits per heavy atom. The SMILES string of the molecule is C=Nc1c(C(C)CC)ccc(F)c1CC. The van der Waals surface area contributed by atoms with E-state index >= 15 is 0 Å². The second-order valence-corrected chi connectivity index (χ2v) is 3.78. The fourth-order valence-corrected chi connectivity index (χ4v) is 1.77. The molecular formula is C13H18FN. The normalized spacial score (nSPS) is 12.5. The molecule has 0 aliphatic rings. The number of halogens is 1. The molecule has 0 saturated carbocycles. The number of hydrogen-bond acceptors (Lipinski definition) is 1. The molecule has 0 saturated heterocycles. The monoisotopic (exact) mass is 207 g/mol. The molecule has 0 spiro atoms. The van der Waals surface area contributed by atoms with Crippen LogP contribution in [0, 0.1) is 5.82 Å². The Hall–Kier alpha value is -1.18. The minimum absolute atomic E-state index is 0.174. The van der Waals surface area contributed by atoms with Gasteiger partial charge in [-0.2, -0.15) is 0 Å². The lowest BCUT2D eigenvalue weighted by Gasteiger charge is -2.15. The van der Waals surface area contributed by atoms with Gasteiger partial charge in [-0.3, -0.25) is 4.99 Å². The van der Waals surface area contributed by atoms with Crippen molar-refractivity contribution in [1.29, 1.82) is 0 Å². The van der Waals surface area contributed by atoms with Gasteiger partial charge in [0.1, 0.15) is 5.82 Å². The second-order valence-electron chi connectivity index (χ2n) is 3.78. The Morgan fingerprint density at radius 1 is 1.40 bits per heavy atom. The van der Waals surface area contributed by atoms with Gasteiger partial charge in [0.25, 0.3) is 0 Å². The number of hydrogen-bond donors (Lipinski definition) is 0. The minimum Gasteiger partial charge on any atom is -0.264 e. The van der Waals surface area contributed by atoms with E-state index in [1.807, 2.05) is 13.0 Å². The molecule has 0 aliphatic heterocycles. The summed E-state index contributed by atoms with van der Waals surface area (Å²) in [6.45, 7) is 9.72. The zero-order valence-electron chi connectivity index (χ0n) is 9.68. The summed E-state index contributed by atoms with van der Waals surface area (Å²) in [6, 6.07) is 3.36. The van der Waals surface area contributed by atoms with Crippen molar-refractivity contribution in [2.75, 3.05) is 0 Å². The summed E-state index contributed by atoms with van der Waals surface area (Å²) in [4.78, 5) is 3.98. The Bertz CT molecular complexity index is 358. The van der Waals surface area contributed by atoms with Crippen LogP contribution in [-0.4, -0.2) is 6.72 Å². The van der Waals surface area contributed by atoms with E-state index in [2.05, 4.69) is 25.6 Å². The van der Waals surface area contributed by atoms with E-state index in [1.54, 1.807) is 0 Å². The highest BCUT2D eigenvalue weighted by molar-refractivity contribution is 5.58. The van der Waals surface area contributed by atoms with E-state index < -0.39 is 0 Å². The zero-order chi connectivity index (χ0) is 11.4. The van der Waals surface area contributed by atoms with Crippen LogP contribution in [0.3, 0.4) is 0 Å². The van der Waals surface area contributed by atoms with Crippen LogP contribution in [0.15, 0.2) is 17.1 Å². The zero-order valence-corrected chi connectivity index (χ0v) is 9.68. The van der Waals surface area contributed by atoms with Gasteiger partial charge >= 0.3 is 0 Å². The summed E-state index contributed by atoms with van der Waals surface area (Å²) in [5, 5.41) is 0. The molecule has 2 heteroatoms. The van der Waals surface area contributed by atoms with Crippen LogP contribution in [0.5, 0.6) is 0 Å². The van der Waals surface area contributed by atoms with Gasteiger partial charge in [-0.1, -0.05) is 26.8 Å². The topological polar surface area (TPSA) is 12.4 Å². The van der Waals surface area contributed by atoms with Crippen molar-refractivity contribution in [2.45, 2.75) is 39.5 Å². The Balaban J connectivity index is 3.34. The van der Waals surface area contributed by atoms with Crippen LogP contribution in [0.1, 0.15) is 44.2 Å². The summed E-state index contributed by atoms with van der Waals surface area (Å²) in [5.74, 6) is 0.225. The van der Waals surface area contributed by atoms with Crippen molar-refractivity contribution in [1.82, 2.24) is 0 Å². The standard InChI is InChI=1S/C13H18FN/c1-5-9(3)11-7-8-12(14)10(6-2)13(11)15-4/h7-9H,4-6H2,1-3H3. The molecule has 0 fully saturated rings. The molecule has 0 amide bonds. The van der Waals surface area contributed by atoms with E-state index in [4.69, 9.17) is 0 Å². The molecule has 0 aliphatic carbocycles. The van der Waals surface area contributed by atoms with Gasteiger partial charge in [0, 0.05) is 5.56 Å². The Labute approximate surface area is 91.0 Å². The first-order valence-corrected chi connectivity index (χ1v) is 5.43. The minimum atomic E-state index is -0.174. The van der Waals surface area contributed by atoms with E-state index in [9.17, 15) is 4.39 Å². The van der Waals surface area contributed by atoms with E-state index in [-0.39, 0.29) is 5.82 Å². The van der Waals surface area contributed by atoms with Gasteiger partial charge in [0.2, 0.25) is 0 Å². The lowest BCUT2D eigenvalue weighted by atomic mass is 9.93. The molecule has 1 aromatic rings. The molecule has 15 heavy (non-hydrogen) atoms. The smallest absolute Gasteiger partial charge is 0.128 e. The fraction of sp³-hybridized carbons (Fsp3) is 0.462. The van der Waals surface area contributed by atoms with E-state index in [0.29, 0.717) is 17.9 Å². The maximum Gasteiger partial charge on any atom is 0.128 e. The second kappa shape index (κ2) is 5.06. The van der Waals surface area contributed by atoms with E-state index in [0.717, 1.165) is 17.7 Å². The first kappa shape index (κ1) is 11.9. The predicted octanol–water partition coefficient (Wildman–Crippen LogP) is 4.23. The van der Waals surface area contributed by atoms with Crippen molar-refractivity contribution >= 4 is 12.4 Å². The quantitative estimate of drug-likeness (QED) is 0.655. The summed E-state index contributed by atoms with van der Waals surface area (Å²) in [6.07, 6.45) is 1.68. The Morgan fingerprint density at radius 2 is 2.07 bits per heavy atom. The average molecular weight is 207 g/mol. The van der Waals surface area contributed by atoms with Crippen LogP contribution in [-0.2, 0) is 6.42 Å². The largest absolute Gasteiger partial charge is 0.264 e. The molecule has 1 atom stereocenters. The summed E-state index contributed by atoms with van der Waals surface area (Å²) < 4.78 is 13.5. The number of aliphatic imine (C=N–C) groups is 1. The van der Waals surface area contributed by atoms with Gasteiger partial charge in [0.15, 0.2) is 0 Å². The summed E-state index contributed by atoms with van der Waals surface area (Å²) in [7, 11) is 0. The highest BCUT2D eigenvalue weighted by Crippen LogP contribution is 2.33.